The van der Waals surface area contributed by atoms with Crippen LogP contribution in [-0.2, 0) is 11.3 Å². The summed E-state index contributed by atoms with van der Waals surface area (Å²) < 4.78 is 1.88. The Bertz CT molecular complexity index is 1180. The van der Waals surface area contributed by atoms with Gasteiger partial charge in [0.25, 0.3) is 5.56 Å². The Morgan fingerprint density at radius 2 is 2.07 bits per heavy atom. The lowest BCUT2D eigenvalue weighted by atomic mass is 10.2. The van der Waals surface area contributed by atoms with Gasteiger partial charge < -0.3 is 5.32 Å². The highest BCUT2D eigenvalue weighted by Gasteiger charge is 2.14. The van der Waals surface area contributed by atoms with Crippen LogP contribution in [0.3, 0.4) is 0 Å². The van der Waals surface area contributed by atoms with Gasteiger partial charge in [-0.15, -0.1) is 22.7 Å². The van der Waals surface area contributed by atoms with E-state index in [2.05, 4.69) is 10.3 Å². The first kappa shape index (κ1) is 18.9. The number of carbonyl (C=O) groups is 1. The van der Waals surface area contributed by atoms with Crippen LogP contribution in [0.1, 0.15) is 17.8 Å². The molecule has 4 rings (SSSR count). The van der Waals surface area contributed by atoms with Crippen molar-refractivity contribution in [2.24, 2.45) is 0 Å². The van der Waals surface area contributed by atoms with Gasteiger partial charge in [0.1, 0.15) is 11.2 Å². The first-order valence-electron chi connectivity index (χ1n) is 8.59. The highest BCUT2D eigenvalue weighted by molar-refractivity contribution is 7.22. The molecule has 0 aliphatic carbocycles. The van der Waals surface area contributed by atoms with Crippen molar-refractivity contribution in [1.29, 1.82) is 0 Å². The van der Waals surface area contributed by atoms with E-state index in [1.807, 2.05) is 54.8 Å². The summed E-state index contributed by atoms with van der Waals surface area (Å²) in [7, 11) is 0. The molecule has 1 amide bonds. The molecule has 0 spiro atoms. The number of amides is 1. The van der Waals surface area contributed by atoms with E-state index in [0.29, 0.717) is 15.2 Å². The summed E-state index contributed by atoms with van der Waals surface area (Å²) in [6.45, 7) is 1.86. The zero-order valence-electron chi connectivity index (χ0n) is 14.9. The van der Waals surface area contributed by atoms with Crippen molar-refractivity contribution in [3.05, 3.63) is 74.4 Å². The van der Waals surface area contributed by atoms with Gasteiger partial charge in [0, 0.05) is 14.8 Å². The minimum absolute atomic E-state index is 0.0638. The second kappa shape index (κ2) is 7.87. The molecule has 0 radical (unpaired) electrons. The predicted molar refractivity (Wildman–Crippen MR) is 115 cm³/mol. The van der Waals surface area contributed by atoms with E-state index < -0.39 is 0 Å². The number of benzene rings is 1. The van der Waals surface area contributed by atoms with Crippen LogP contribution >= 0.6 is 34.3 Å². The fourth-order valence-corrected chi connectivity index (χ4v) is 4.79. The maximum Gasteiger partial charge on any atom is 0.271 e. The van der Waals surface area contributed by atoms with E-state index in [9.17, 15) is 9.59 Å². The monoisotopic (exact) mass is 429 g/mol. The molecule has 28 heavy (non-hydrogen) atoms. The summed E-state index contributed by atoms with van der Waals surface area (Å²) in [5.41, 5.74) is 1.39. The summed E-state index contributed by atoms with van der Waals surface area (Å²) in [4.78, 5) is 31.5. The smallest absolute Gasteiger partial charge is 0.271 e. The molecule has 8 heteroatoms. The Balaban J connectivity index is 1.56. The number of nitrogens with one attached hydrogen (secondary N) is 1. The topological polar surface area (TPSA) is 64.0 Å². The molecule has 142 valence electrons. The molecule has 1 atom stereocenters. The molecule has 5 nitrogen and oxygen atoms in total. The van der Waals surface area contributed by atoms with E-state index in [-0.39, 0.29) is 24.1 Å². The summed E-state index contributed by atoms with van der Waals surface area (Å²) in [5, 5.41) is 5.55. The standard InChI is InChI=1S/C20H16ClN3O2S2/c1-12(16-3-2-8-27-16)23-18(25)10-24-11-22-15-9-17(28-19(15)20(24)26)13-4-6-14(21)7-5-13/h2-9,11-12H,10H2,1H3,(H,23,25). The summed E-state index contributed by atoms with van der Waals surface area (Å²) >= 11 is 8.89. The summed E-state index contributed by atoms with van der Waals surface area (Å²) in [5.74, 6) is -0.223. The van der Waals surface area contributed by atoms with Crippen LogP contribution in [0, 0.1) is 0 Å². The van der Waals surface area contributed by atoms with Crippen molar-refractivity contribution >= 4 is 50.4 Å². The average Bonchev–Trinajstić information content (AvgIpc) is 3.35. The summed E-state index contributed by atoms with van der Waals surface area (Å²) in [6.07, 6.45) is 1.43. The number of carbonyl (C=O) groups excluding carboxylic acids is 1. The van der Waals surface area contributed by atoms with Crippen LogP contribution < -0.4 is 10.9 Å². The van der Waals surface area contributed by atoms with Crippen molar-refractivity contribution < 1.29 is 4.79 Å². The zero-order chi connectivity index (χ0) is 19.7. The first-order chi connectivity index (χ1) is 13.5. The third kappa shape index (κ3) is 3.87. The van der Waals surface area contributed by atoms with Gasteiger partial charge in [0.05, 0.1) is 17.9 Å². The second-order valence-corrected chi connectivity index (χ2v) is 8.78. The van der Waals surface area contributed by atoms with Gasteiger partial charge in [-0.3, -0.25) is 14.2 Å². The lowest BCUT2D eigenvalue weighted by molar-refractivity contribution is -0.122. The third-order valence-corrected chi connectivity index (χ3v) is 6.76. The van der Waals surface area contributed by atoms with Crippen molar-refractivity contribution in [3.8, 4) is 10.4 Å². The van der Waals surface area contributed by atoms with E-state index in [4.69, 9.17) is 11.6 Å². The number of hydrogen-bond acceptors (Lipinski definition) is 5. The molecule has 0 bridgehead atoms. The second-order valence-electron chi connectivity index (χ2n) is 6.31. The number of hydrogen-bond donors (Lipinski definition) is 1. The molecule has 0 saturated carbocycles. The van der Waals surface area contributed by atoms with E-state index in [1.165, 1.54) is 22.2 Å². The minimum Gasteiger partial charge on any atom is -0.347 e. The van der Waals surface area contributed by atoms with Gasteiger partial charge in [-0.05, 0) is 42.1 Å². The number of halogens is 1. The van der Waals surface area contributed by atoms with Crippen LogP contribution in [0.2, 0.25) is 5.02 Å². The van der Waals surface area contributed by atoms with Crippen molar-refractivity contribution in [2.45, 2.75) is 19.5 Å². The molecule has 4 aromatic rings. The third-order valence-electron chi connectivity index (χ3n) is 4.29. The van der Waals surface area contributed by atoms with E-state index >= 15 is 0 Å². The minimum atomic E-state index is -0.223. The molecular formula is C20H16ClN3O2S2. The number of rotatable bonds is 5. The molecule has 1 aromatic carbocycles. The molecule has 0 fully saturated rings. The number of aromatic nitrogens is 2. The molecule has 3 aromatic heterocycles. The largest absolute Gasteiger partial charge is 0.347 e. The maximum absolute atomic E-state index is 12.8. The Hall–Kier alpha value is -2.48. The molecule has 0 aliphatic heterocycles. The normalized spacial score (nSPS) is 12.2. The van der Waals surface area contributed by atoms with Gasteiger partial charge in [0.15, 0.2) is 0 Å². The lowest BCUT2D eigenvalue weighted by Gasteiger charge is -2.12. The maximum atomic E-state index is 12.8. The van der Waals surface area contributed by atoms with Gasteiger partial charge in [-0.1, -0.05) is 29.8 Å². The summed E-state index contributed by atoms with van der Waals surface area (Å²) in [6, 6.07) is 13.1. The molecule has 1 unspecified atom stereocenters. The fraction of sp³-hybridized carbons (Fsp3) is 0.150. The molecule has 0 saturated heterocycles. The Labute approximate surface area is 174 Å². The molecule has 3 heterocycles. The first-order valence-corrected chi connectivity index (χ1v) is 10.7. The molecular weight excluding hydrogens is 414 g/mol. The van der Waals surface area contributed by atoms with E-state index in [0.717, 1.165) is 15.3 Å². The number of nitrogens with zero attached hydrogens (tertiary/aromatic N) is 2. The highest BCUT2D eigenvalue weighted by atomic mass is 35.5. The SMILES string of the molecule is CC(NC(=O)Cn1cnc2cc(-c3ccc(Cl)cc3)sc2c1=O)c1cccs1. The van der Waals surface area contributed by atoms with Gasteiger partial charge in [-0.2, -0.15) is 0 Å². The van der Waals surface area contributed by atoms with Crippen LogP contribution in [-0.4, -0.2) is 15.5 Å². The number of fused-ring (bicyclic) bond motifs is 1. The van der Waals surface area contributed by atoms with Crippen molar-refractivity contribution in [1.82, 2.24) is 14.9 Å². The van der Waals surface area contributed by atoms with Gasteiger partial charge in [-0.25, -0.2) is 4.98 Å². The Morgan fingerprint density at radius 1 is 1.29 bits per heavy atom. The number of thiophene rings is 2. The van der Waals surface area contributed by atoms with E-state index in [1.54, 1.807) is 11.3 Å². The predicted octanol–water partition coefficient (Wildman–Crippen LogP) is 4.72. The lowest BCUT2D eigenvalue weighted by Crippen LogP contribution is -2.33. The zero-order valence-corrected chi connectivity index (χ0v) is 17.3. The Kier molecular flexibility index (Phi) is 5.30. The van der Waals surface area contributed by atoms with Crippen LogP contribution in [0.25, 0.3) is 20.7 Å². The van der Waals surface area contributed by atoms with Crippen LogP contribution in [0.4, 0.5) is 0 Å². The van der Waals surface area contributed by atoms with Crippen LogP contribution in [0.5, 0.6) is 0 Å². The van der Waals surface area contributed by atoms with Crippen molar-refractivity contribution in [3.63, 3.8) is 0 Å². The van der Waals surface area contributed by atoms with Crippen LogP contribution in [0.15, 0.2) is 59.0 Å². The molecule has 1 N–H and O–H groups in total. The average molecular weight is 430 g/mol. The van der Waals surface area contributed by atoms with Crippen molar-refractivity contribution in [2.75, 3.05) is 0 Å². The Morgan fingerprint density at radius 3 is 2.79 bits per heavy atom. The van der Waals surface area contributed by atoms with Gasteiger partial charge in [0.2, 0.25) is 5.91 Å². The quantitative estimate of drug-likeness (QED) is 0.499. The van der Waals surface area contributed by atoms with Gasteiger partial charge >= 0.3 is 0 Å². The molecule has 0 aliphatic rings. The fourth-order valence-electron chi connectivity index (χ4n) is 2.86. The highest BCUT2D eigenvalue weighted by Crippen LogP contribution is 2.31.